The zero-order valence-corrected chi connectivity index (χ0v) is 14.9. The number of nitro benzene ring substituents is 1. The van der Waals surface area contributed by atoms with Crippen molar-refractivity contribution in [2.24, 2.45) is 0 Å². The molecule has 0 aliphatic rings. The van der Waals surface area contributed by atoms with Crippen molar-refractivity contribution in [1.29, 1.82) is 0 Å². The second kappa shape index (κ2) is 7.90. The highest BCUT2D eigenvalue weighted by Crippen LogP contribution is 2.26. The van der Waals surface area contributed by atoms with Crippen LogP contribution in [0.15, 0.2) is 42.5 Å². The third kappa shape index (κ3) is 4.87. The summed E-state index contributed by atoms with van der Waals surface area (Å²) < 4.78 is 0. The largest absolute Gasteiger partial charge is 0.326 e. The number of nitro groups is 1. The topological polar surface area (TPSA) is 84.3 Å². The van der Waals surface area contributed by atoms with Crippen molar-refractivity contribution in [2.45, 2.75) is 39.8 Å². The molecule has 2 aromatic carbocycles. The van der Waals surface area contributed by atoms with E-state index in [1.807, 2.05) is 44.2 Å². The summed E-state index contributed by atoms with van der Waals surface area (Å²) in [6, 6.07) is 12.9. The van der Waals surface area contributed by atoms with E-state index in [9.17, 15) is 14.9 Å². The first kappa shape index (κ1) is 18.6. The Kier molecular flexibility index (Phi) is 5.88. The zero-order chi connectivity index (χ0) is 18.6. The Labute approximate surface area is 147 Å². The number of nitrogens with one attached hydrogen (secondary N) is 2. The van der Waals surface area contributed by atoms with Gasteiger partial charge in [0, 0.05) is 36.3 Å². The van der Waals surface area contributed by atoms with E-state index in [1.54, 1.807) is 19.1 Å². The second-order valence-electron chi connectivity index (χ2n) is 6.22. The van der Waals surface area contributed by atoms with Crippen LogP contribution in [0.3, 0.4) is 0 Å². The highest BCUT2D eigenvalue weighted by molar-refractivity contribution is 5.88. The van der Waals surface area contributed by atoms with Crippen LogP contribution in [0.5, 0.6) is 0 Å². The summed E-state index contributed by atoms with van der Waals surface area (Å²) in [6.45, 7) is 7.20. The predicted molar refractivity (Wildman–Crippen MR) is 98.5 cm³/mol. The Hall–Kier alpha value is -2.73. The molecule has 6 heteroatoms. The van der Waals surface area contributed by atoms with Gasteiger partial charge in [0.15, 0.2) is 0 Å². The Balaban J connectivity index is 2.15. The molecule has 25 heavy (non-hydrogen) atoms. The molecule has 0 radical (unpaired) electrons. The maximum Gasteiger partial charge on any atom is 0.272 e. The van der Waals surface area contributed by atoms with Crippen LogP contribution in [0.2, 0.25) is 0 Å². The second-order valence-corrected chi connectivity index (χ2v) is 6.22. The molecule has 0 spiro atoms. The van der Waals surface area contributed by atoms with Gasteiger partial charge in [-0.3, -0.25) is 14.9 Å². The number of carbonyl (C=O) groups excluding carboxylic acids is 1. The molecule has 0 saturated heterocycles. The van der Waals surface area contributed by atoms with Crippen molar-refractivity contribution in [3.63, 3.8) is 0 Å². The van der Waals surface area contributed by atoms with Crippen LogP contribution < -0.4 is 10.6 Å². The maximum absolute atomic E-state index is 11.2. The summed E-state index contributed by atoms with van der Waals surface area (Å²) in [6.07, 6.45) is 0. The van der Waals surface area contributed by atoms with Gasteiger partial charge in [-0.25, -0.2) is 0 Å². The number of hydrogen-bond acceptors (Lipinski definition) is 4. The van der Waals surface area contributed by atoms with E-state index in [1.165, 1.54) is 6.92 Å². The van der Waals surface area contributed by atoms with Gasteiger partial charge in [0.2, 0.25) is 5.91 Å². The van der Waals surface area contributed by atoms with E-state index >= 15 is 0 Å². The molecular weight excluding hydrogens is 318 g/mol. The zero-order valence-electron chi connectivity index (χ0n) is 14.9. The summed E-state index contributed by atoms with van der Waals surface area (Å²) in [5.41, 5.74) is 3.42. The Morgan fingerprint density at radius 3 is 2.32 bits per heavy atom. The number of rotatable bonds is 6. The lowest BCUT2D eigenvalue weighted by Crippen LogP contribution is -2.22. The molecule has 2 rings (SSSR count). The lowest BCUT2D eigenvalue weighted by Gasteiger charge is -2.21. The number of aryl methyl sites for hydroxylation is 1. The molecule has 1 amide bonds. The third-order valence-electron chi connectivity index (χ3n) is 4.14. The number of amides is 1. The number of benzene rings is 2. The van der Waals surface area contributed by atoms with Gasteiger partial charge in [0.1, 0.15) is 0 Å². The van der Waals surface area contributed by atoms with Gasteiger partial charge in [-0.1, -0.05) is 24.3 Å². The fraction of sp³-hybridized carbons (Fsp3) is 0.316. The first-order chi connectivity index (χ1) is 11.8. The Bertz CT molecular complexity index is 789. The molecule has 2 aromatic rings. The van der Waals surface area contributed by atoms with Crippen LogP contribution in [0.1, 0.15) is 49.5 Å². The van der Waals surface area contributed by atoms with Crippen molar-refractivity contribution in [2.75, 3.05) is 5.32 Å². The Morgan fingerprint density at radius 1 is 1.08 bits per heavy atom. The predicted octanol–water partition coefficient (Wildman–Crippen LogP) is 4.27. The van der Waals surface area contributed by atoms with Crippen molar-refractivity contribution < 1.29 is 9.72 Å². The van der Waals surface area contributed by atoms with E-state index in [0.29, 0.717) is 5.56 Å². The van der Waals surface area contributed by atoms with E-state index in [2.05, 4.69) is 10.6 Å². The smallest absolute Gasteiger partial charge is 0.272 e. The molecule has 2 unspecified atom stereocenters. The molecule has 0 aliphatic carbocycles. The summed E-state index contributed by atoms with van der Waals surface area (Å²) in [7, 11) is 0. The minimum atomic E-state index is -0.355. The minimum absolute atomic E-state index is 0.0177. The average Bonchev–Trinajstić information content (AvgIpc) is 2.54. The number of anilines is 1. The fourth-order valence-electron chi connectivity index (χ4n) is 2.75. The molecule has 132 valence electrons. The van der Waals surface area contributed by atoms with Gasteiger partial charge in [-0.2, -0.15) is 0 Å². The van der Waals surface area contributed by atoms with Crippen LogP contribution >= 0.6 is 0 Å². The SMILES string of the molecule is CC(=O)Nc1cccc(C(C)NC(C)c2ccc(C)c([N+](=O)[O-])c2)c1. The molecule has 0 heterocycles. The van der Waals surface area contributed by atoms with E-state index < -0.39 is 0 Å². The molecule has 0 aromatic heterocycles. The maximum atomic E-state index is 11.2. The van der Waals surface area contributed by atoms with Crippen molar-refractivity contribution in [3.8, 4) is 0 Å². The molecule has 2 N–H and O–H groups in total. The van der Waals surface area contributed by atoms with Gasteiger partial charge in [-0.05, 0) is 44.0 Å². The average molecular weight is 341 g/mol. The van der Waals surface area contributed by atoms with Gasteiger partial charge in [0.25, 0.3) is 5.69 Å². The molecule has 0 aliphatic heterocycles. The van der Waals surface area contributed by atoms with Crippen molar-refractivity contribution in [1.82, 2.24) is 5.32 Å². The summed E-state index contributed by atoms with van der Waals surface area (Å²) >= 11 is 0. The molecule has 0 bridgehead atoms. The van der Waals surface area contributed by atoms with Crippen molar-refractivity contribution >= 4 is 17.3 Å². The molecule has 2 atom stereocenters. The fourth-order valence-corrected chi connectivity index (χ4v) is 2.75. The van der Waals surface area contributed by atoms with Crippen LogP contribution in [-0.4, -0.2) is 10.8 Å². The monoisotopic (exact) mass is 341 g/mol. The summed E-state index contributed by atoms with van der Waals surface area (Å²) in [4.78, 5) is 22.0. The Morgan fingerprint density at radius 2 is 1.72 bits per heavy atom. The van der Waals surface area contributed by atoms with E-state index in [0.717, 1.165) is 16.8 Å². The van der Waals surface area contributed by atoms with E-state index in [-0.39, 0.29) is 28.6 Å². The molecule has 0 saturated carbocycles. The number of carbonyl (C=O) groups is 1. The highest BCUT2D eigenvalue weighted by atomic mass is 16.6. The van der Waals surface area contributed by atoms with Crippen LogP contribution in [0, 0.1) is 17.0 Å². The van der Waals surface area contributed by atoms with E-state index in [4.69, 9.17) is 0 Å². The van der Waals surface area contributed by atoms with Crippen molar-refractivity contribution in [3.05, 3.63) is 69.3 Å². The van der Waals surface area contributed by atoms with Gasteiger partial charge >= 0.3 is 0 Å². The standard InChI is InChI=1S/C19H23N3O3/c1-12-8-9-17(11-19(12)22(24)25)14(3)20-13(2)16-6-5-7-18(10-16)21-15(4)23/h5-11,13-14,20H,1-4H3,(H,21,23). The molecular formula is C19H23N3O3. The molecule has 6 nitrogen and oxygen atoms in total. The minimum Gasteiger partial charge on any atom is -0.326 e. The lowest BCUT2D eigenvalue weighted by atomic mass is 10.0. The van der Waals surface area contributed by atoms with Crippen LogP contribution in [0.4, 0.5) is 11.4 Å². The van der Waals surface area contributed by atoms with Gasteiger partial charge in [0.05, 0.1) is 4.92 Å². The van der Waals surface area contributed by atoms with Gasteiger partial charge < -0.3 is 10.6 Å². The normalized spacial score (nSPS) is 13.1. The van der Waals surface area contributed by atoms with Crippen LogP contribution in [-0.2, 0) is 4.79 Å². The number of nitrogens with zero attached hydrogens (tertiary/aromatic N) is 1. The lowest BCUT2D eigenvalue weighted by molar-refractivity contribution is -0.385. The molecule has 0 fully saturated rings. The van der Waals surface area contributed by atoms with Crippen LogP contribution in [0.25, 0.3) is 0 Å². The quantitative estimate of drug-likeness (QED) is 0.607. The first-order valence-corrected chi connectivity index (χ1v) is 8.16. The summed E-state index contributed by atoms with van der Waals surface area (Å²) in [5, 5.41) is 17.3. The van der Waals surface area contributed by atoms with Gasteiger partial charge in [-0.15, -0.1) is 0 Å². The third-order valence-corrected chi connectivity index (χ3v) is 4.14. The number of hydrogen-bond donors (Lipinski definition) is 2. The first-order valence-electron chi connectivity index (χ1n) is 8.16. The highest BCUT2D eigenvalue weighted by Gasteiger charge is 2.16. The summed E-state index contributed by atoms with van der Waals surface area (Å²) in [5.74, 6) is -0.113.